The van der Waals surface area contributed by atoms with Crippen LogP contribution in [0.3, 0.4) is 0 Å². The van der Waals surface area contributed by atoms with Gasteiger partial charge in [-0.3, -0.25) is 9.89 Å². The minimum Gasteiger partial charge on any atom is -0.353 e. The van der Waals surface area contributed by atoms with Crippen molar-refractivity contribution < 1.29 is 0 Å². The molecule has 1 saturated carbocycles. The summed E-state index contributed by atoms with van der Waals surface area (Å²) in [4.78, 5) is 6.92. The molecule has 4 nitrogen and oxygen atoms in total. The maximum Gasteiger partial charge on any atom is 0.191 e. The van der Waals surface area contributed by atoms with Crippen molar-refractivity contribution in [3.63, 3.8) is 0 Å². The molecular formula is C20H32N4. The van der Waals surface area contributed by atoms with Crippen molar-refractivity contribution in [2.75, 3.05) is 13.6 Å². The van der Waals surface area contributed by atoms with Gasteiger partial charge in [-0.25, -0.2) is 0 Å². The van der Waals surface area contributed by atoms with Gasteiger partial charge < -0.3 is 10.6 Å². The number of hydrogen-bond donors (Lipinski definition) is 2. The van der Waals surface area contributed by atoms with E-state index in [9.17, 15) is 0 Å². The number of aliphatic imine (C=N–C) groups is 1. The molecule has 1 heterocycles. The number of nitrogens with one attached hydrogen (secondary N) is 2. The van der Waals surface area contributed by atoms with Gasteiger partial charge in [0.25, 0.3) is 0 Å². The summed E-state index contributed by atoms with van der Waals surface area (Å²) in [5.41, 5.74) is 2.72. The third-order valence-electron chi connectivity index (χ3n) is 5.46. The molecule has 0 spiro atoms. The van der Waals surface area contributed by atoms with E-state index in [2.05, 4.69) is 58.6 Å². The second kappa shape index (κ2) is 8.02. The lowest BCUT2D eigenvalue weighted by Gasteiger charge is -2.33. The van der Waals surface area contributed by atoms with Crippen LogP contribution in [0, 0.1) is 5.92 Å². The van der Waals surface area contributed by atoms with Gasteiger partial charge in [0.05, 0.1) is 0 Å². The second-order valence-electron chi connectivity index (χ2n) is 7.52. The molecule has 0 bridgehead atoms. The highest BCUT2D eigenvalue weighted by Gasteiger charge is 2.33. The van der Waals surface area contributed by atoms with E-state index in [1.165, 1.54) is 43.4 Å². The lowest BCUT2D eigenvalue weighted by Crippen LogP contribution is -2.38. The predicted molar refractivity (Wildman–Crippen MR) is 101 cm³/mol. The van der Waals surface area contributed by atoms with Crippen LogP contribution in [-0.4, -0.2) is 36.5 Å². The van der Waals surface area contributed by atoms with Crippen LogP contribution >= 0.6 is 0 Å². The van der Waals surface area contributed by atoms with Crippen molar-refractivity contribution in [2.24, 2.45) is 10.9 Å². The maximum atomic E-state index is 4.31. The zero-order valence-electron chi connectivity index (χ0n) is 15.4. The molecule has 2 fully saturated rings. The van der Waals surface area contributed by atoms with Crippen molar-refractivity contribution in [3.05, 3.63) is 35.4 Å². The Morgan fingerprint density at radius 2 is 1.88 bits per heavy atom. The van der Waals surface area contributed by atoms with Gasteiger partial charge in [0.2, 0.25) is 0 Å². The first-order valence-corrected chi connectivity index (χ1v) is 9.44. The van der Waals surface area contributed by atoms with Gasteiger partial charge in [-0.2, -0.15) is 0 Å². The number of rotatable bonds is 5. The third-order valence-corrected chi connectivity index (χ3v) is 5.46. The summed E-state index contributed by atoms with van der Waals surface area (Å²) in [7, 11) is 1.84. The molecule has 0 radical (unpaired) electrons. The van der Waals surface area contributed by atoms with Crippen molar-refractivity contribution in [2.45, 2.75) is 64.7 Å². The van der Waals surface area contributed by atoms with Gasteiger partial charge in [0.15, 0.2) is 5.96 Å². The summed E-state index contributed by atoms with van der Waals surface area (Å²) >= 11 is 0. The number of likely N-dealkylation sites (tertiary alicyclic amines) is 1. The smallest absolute Gasteiger partial charge is 0.191 e. The fraction of sp³-hybridized carbons (Fsp3) is 0.650. The summed E-state index contributed by atoms with van der Waals surface area (Å²) in [5, 5.41) is 6.88. The maximum absolute atomic E-state index is 4.31. The van der Waals surface area contributed by atoms with E-state index in [4.69, 9.17) is 0 Å². The molecule has 3 atom stereocenters. The highest BCUT2D eigenvalue weighted by molar-refractivity contribution is 5.80. The minimum absolute atomic E-state index is 0.602. The molecular weight excluding hydrogens is 296 g/mol. The van der Waals surface area contributed by atoms with Gasteiger partial charge in [-0.1, -0.05) is 37.6 Å². The van der Waals surface area contributed by atoms with Crippen LogP contribution in [0.1, 0.15) is 50.7 Å². The molecule has 0 aromatic heterocycles. The molecule has 0 amide bonds. The number of benzene rings is 1. The molecule has 4 heteroatoms. The first-order chi connectivity index (χ1) is 11.7. The molecule has 3 rings (SSSR count). The highest BCUT2D eigenvalue weighted by Crippen LogP contribution is 2.28. The van der Waals surface area contributed by atoms with E-state index >= 15 is 0 Å². The first-order valence-electron chi connectivity index (χ1n) is 9.44. The first kappa shape index (κ1) is 17.3. The average Bonchev–Trinajstić information content (AvgIpc) is 3.29. The van der Waals surface area contributed by atoms with Crippen LogP contribution in [-0.2, 0) is 13.1 Å². The van der Waals surface area contributed by atoms with Gasteiger partial charge >= 0.3 is 0 Å². The van der Waals surface area contributed by atoms with Crippen molar-refractivity contribution in [1.82, 2.24) is 15.5 Å². The monoisotopic (exact) mass is 328 g/mol. The molecule has 1 aliphatic carbocycles. The Kier molecular flexibility index (Phi) is 5.77. The highest BCUT2D eigenvalue weighted by atomic mass is 15.2. The topological polar surface area (TPSA) is 39.7 Å². The Morgan fingerprint density at radius 3 is 2.50 bits per heavy atom. The van der Waals surface area contributed by atoms with Crippen LogP contribution in [0.15, 0.2) is 29.3 Å². The fourth-order valence-electron chi connectivity index (χ4n) is 3.47. The largest absolute Gasteiger partial charge is 0.353 e. The van der Waals surface area contributed by atoms with Crippen molar-refractivity contribution in [1.29, 1.82) is 0 Å². The molecule has 1 aliphatic heterocycles. The summed E-state index contributed by atoms with van der Waals surface area (Å²) in [6, 6.07) is 10.4. The number of nitrogens with zero attached hydrogens (tertiary/aromatic N) is 2. The SMILES string of the molecule is CN=C(NCc1ccc(CN2CCCCC2C)cc1)NC1CC1C. The van der Waals surface area contributed by atoms with Crippen molar-refractivity contribution >= 4 is 5.96 Å². The van der Waals surface area contributed by atoms with Crippen LogP contribution in [0.5, 0.6) is 0 Å². The van der Waals surface area contributed by atoms with Crippen LogP contribution in [0.4, 0.5) is 0 Å². The minimum atomic E-state index is 0.602. The summed E-state index contributed by atoms with van der Waals surface area (Å²) in [5.74, 6) is 1.69. The quantitative estimate of drug-likeness (QED) is 0.644. The van der Waals surface area contributed by atoms with Gasteiger partial charge in [0.1, 0.15) is 0 Å². The molecule has 1 aromatic rings. The van der Waals surface area contributed by atoms with E-state index in [-0.39, 0.29) is 0 Å². The zero-order valence-corrected chi connectivity index (χ0v) is 15.4. The van der Waals surface area contributed by atoms with Crippen LogP contribution in [0.2, 0.25) is 0 Å². The van der Waals surface area contributed by atoms with Gasteiger partial charge in [0, 0.05) is 32.2 Å². The van der Waals surface area contributed by atoms with E-state index in [0.29, 0.717) is 6.04 Å². The Labute approximate surface area is 146 Å². The Balaban J connectivity index is 1.47. The zero-order chi connectivity index (χ0) is 16.9. The molecule has 1 aromatic carbocycles. The summed E-state index contributed by atoms with van der Waals surface area (Å²) in [6.45, 7) is 7.77. The van der Waals surface area contributed by atoms with Gasteiger partial charge in [-0.15, -0.1) is 0 Å². The molecule has 1 saturated heterocycles. The molecule has 3 unspecified atom stereocenters. The predicted octanol–water partition coefficient (Wildman–Crippen LogP) is 3.13. The fourth-order valence-corrected chi connectivity index (χ4v) is 3.47. The Bertz CT molecular complexity index is 551. The van der Waals surface area contributed by atoms with Gasteiger partial charge in [-0.05, 0) is 49.8 Å². The summed E-state index contributed by atoms with van der Waals surface area (Å²) in [6.07, 6.45) is 5.33. The molecule has 132 valence electrons. The number of hydrogen-bond acceptors (Lipinski definition) is 2. The second-order valence-corrected chi connectivity index (χ2v) is 7.52. The molecule has 2 aliphatic rings. The standard InChI is InChI=1S/C20H32N4/c1-15-12-19(15)23-20(21-3)22-13-17-7-9-18(10-8-17)14-24-11-5-4-6-16(24)2/h7-10,15-16,19H,4-6,11-14H2,1-3H3,(H2,21,22,23). The van der Waals surface area contributed by atoms with Crippen LogP contribution in [0.25, 0.3) is 0 Å². The molecule has 2 N–H and O–H groups in total. The lowest BCUT2D eigenvalue weighted by atomic mass is 10.0. The average molecular weight is 329 g/mol. The summed E-state index contributed by atoms with van der Waals surface area (Å²) < 4.78 is 0. The van der Waals surface area contributed by atoms with E-state index in [1.807, 2.05) is 7.05 Å². The van der Waals surface area contributed by atoms with E-state index in [1.54, 1.807) is 0 Å². The van der Waals surface area contributed by atoms with Crippen molar-refractivity contribution in [3.8, 4) is 0 Å². The van der Waals surface area contributed by atoms with E-state index in [0.717, 1.165) is 31.0 Å². The third kappa shape index (κ3) is 4.73. The van der Waals surface area contributed by atoms with Crippen LogP contribution < -0.4 is 10.6 Å². The number of guanidine groups is 1. The number of piperidine rings is 1. The van der Waals surface area contributed by atoms with E-state index < -0.39 is 0 Å². The Morgan fingerprint density at radius 1 is 1.17 bits per heavy atom. The molecule has 24 heavy (non-hydrogen) atoms. The lowest BCUT2D eigenvalue weighted by molar-refractivity contribution is 0.152. The normalized spacial score (nSPS) is 27.8. The Hall–Kier alpha value is -1.55.